The normalized spacial score (nSPS) is 12.4. The fourth-order valence-electron chi connectivity index (χ4n) is 1.92. The summed E-state index contributed by atoms with van der Waals surface area (Å²) in [6.07, 6.45) is 0. The highest BCUT2D eigenvalue weighted by Crippen LogP contribution is 2.26. The van der Waals surface area contributed by atoms with Crippen LogP contribution in [0.3, 0.4) is 0 Å². The van der Waals surface area contributed by atoms with Crippen LogP contribution >= 0.6 is 27.5 Å². The Kier molecular flexibility index (Phi) is 4.38. The summed E-state index contributed by atoms with van der Waals surface area (Å²) in [6, 6.07) is 12.3. The van der Waals surface area contributed by atoms with E-state index in [2.05, 4.69) is 21.2 Å². The molecule has 1 unspecified atom stereocenters. The van der Waals surface area contributed by atoms with Crippen molar-refractivity contribution in [3.05, 3.63) is 68.9 Å². The Morgan fingerprint density at radius 3 is 2.33 bits per heavy atom. The molecule has 0 heterocycles. The van der Waals surface area contributed by atoms with Crippen molar-refractivity contribution in [2.75, 3.05) is 7.05 Å². The standard InChI is InChI=1S/C14H12BrClFN/c1-18-14(9-2-4-12(16)5-3-9)10-6-11(15)8-13(17)7-10/h2-8,14,18H,1H3. The van der Waals surface area contributed by atoms with Gasteiger partial charge in [0.15, 0.2) is 0 Å². The van der Waals surface area contributed by atoms with E-state index in [1.807, 2.05) is 37.4 Å². The van der Waals surface area contributed by atoms with E-state index < -0.39 is 0 Å². The molecule has 1 nitrogen and oxygen atoms in total. The molecular weight excluding hydrogens is 317 g/mol. The summed E-state index contributed by atoms with van der Waals surface area (Å²) >= 11 is 9.17. The Balaban J connectivity index is 2.41. The average Bonchev–Trinajstić information content (AvgIpc) is 2.31. The van der Waals surface area contributed by atoms with E-state index >= 15 is 0 Å². The first-order chi connectivity index (χ1) is 8.60. The summed E-state index contributed by atoms with van der Waals surface area (Å²) in [6.45, 7) is 0. The van der Waals surface area contributed by atoms with E-state index in [0.29, 0.717) is 5.02 Å². The summed E-state index contributed by atoms with van der Waals surface area (Å²) in [7, 11) is 1.85. The Morgan fingerprint density at radius 1 is 1.11 bits per heavy atom. The summed E-state index contributed by atoms with van der Waals surface area (Å²) in [5.74, 6) is -0.256. The third-order valence-corrected chi connectivity index (χ3v) is 3.42. The third kappa shape index (κ3) is 3.10. The van der Waals surface area contributed by atoms with E-state index in [9.17, 15) is 4.39 Å². The Morgan fingerprint density at radius 2 is 1.78 bits per heavy atom. The van der Waals surface area contributed by atoms with Gasteiger partial charge in [0, 0.05) is 9.50 Å². The number of nitrogens with one attached hydrogen (secondary N) is 1. The first-order valence-corrected chi connectivity index (χ1v) is 6.66. The molecule has 2 rings (SSSR count). The molecule has 94 valence electrons. The van der Waals surface area contributed by atoms with Crippen molar-refractivity contribution in [3.8, 4) is 0 Å². The smallest absolute Gasteiger partial charge is 0.124 e. The number of hydrogen-bond donors (Lipinski definition) is 1. The monoisotopic (exact) mass is 327 g/mol. The molecule has 0 aliphatic heterocycles. The highest BCUT2D eigenvalue weighted by molar-refractivity contribution is 9.10. The third-order valence-electron chi connectivity index (χ3n) is 2.71. The van der Waals surface area contributed by atoms with Crippen molar-refractivity contribution < 1.29 is 4.39 Å². The van der Waals surface area contributed by atoms with Gasteiger partial charge in [-0.25, -0.2) is 4.39 Å². The second-order valence-electron chi connectivity index (χ2n) is 3.98. The van der Waals surface area contributed by atoms with Gasteiger partial charge in [0.2, 0.25) is 0 Å². The van der Waals surface area contributed by atoms with Crippen LogP contribution < -0.4 is 5.32 Å². The molecule has 0 saturated heterocycles. The van der Waals surface area contributed by atoms with Crippen LogP contribution in [0.15, 0.2) is 46.9 Å². The van der Waals surface area contributed by atoms with Crippen molar-refractivity contribution in [3.63, 3.8) is 0 Å². The minimum atomic E-state index is -0.256. The quantitative estimate of drug-likeness (QED) is 0.871. The number of benzene rings is 2. The largest absolute Gasteiger partial charge is 0.309 e. The zero-order valence-corrected chi connectivity index (χ0v) is 12.1. The maximum Gasteiger partial charge on any atom is 0.124 e. The summed E-state index contributed by atoms with van der Waals surface area (Å²) in [5, 5.41) is 3.87. The number of rotatable bonds is 3. The van der Waals surface area contributed by atoms with Gasteiger partial charge in [-0.15, -0.1) is 0 Å². The summed E-state index contributed by atoms with van der Waals surface area (Å²) in [5.41, 5.74) is 1.91. The lowest BCUT2D eigenvalue weighted by atomic mass is 9.99. The predicted octanol–water partition coefficient (Wildman–Crippen LogP) is 4.55. The van der Waals surface area contributed by atoms with Crippen molar-refractivity contribution in [2.45, 2.75) is 6.04 Å². The Hall–Kier alpha value is -0.900. The first kappa shape index (κ1) is 13.5. The minimum Gasteiger partial charge on any atom is -0.309 e. The molecule has 1 N–H and O–H groups in total. The van der Waals surface area contributed by atoms with E-state index in [1.165, 1.54) is 12.1 Å². The van der Waals surface area contributed by atoms with Crippen LogP contribution in [0.25, 0.3) is 0 Å². The Bertz CT molecular complexity index is 522. The van der Waals surface area contributed by atoms with Crippen molar-refractivity contribution in [1.29, 1.82) is 0 Å². The molecule has 4 heteroatoms. The van der Waals surface area contributed by atoms with Crippen molar-refractivity contribution in [2.24, 2.45) is 0 Å². The molecule has 0 aliphatic rings. The van der Waals surface area contributed by atoms with Gasteiger partial charge in [-0.2, -0.15) is 0 Å². The maximum atomic E-state index is 13.4. The summed E-state index contributed by atoms with van der Waals surface area (Å²) < 4.78 is 14.2. The molecule has 2 aromatic rings. The van der Waals surface area contributed by atoms with Crippen LogP contribution in [0.5, 0.6) is 0 Å². The van der Waals surface area contributed by atoms with Crippen LogP contribution in [0, 0.1) is 5.82 Å². The van der Waals surface area contributed by atoms with E-state index in [4.69, 9.17) is 11.6 Å². The molecule has 18 heavy (non-hydrogen) atoms. The second kappa shape index (κ2) is 5.83. The second-order valence-corrected chi connectivity index (χ2v) is 5.33. The predicted molar refractivity (Wildman–Crippen MR) is 76.5 cm³/mol. The zero-order chi connectivity index (χ0) is 13.1. The van der Waals surface area contributed by atoms with Gasteiger partial charge in [-0.1, -0.05) is 39.7 Å². The highest BCUT2D eigenvalue weighted by Gasteiger charge is 2.13. The van der Waals surface area contributed by atoms with Gasteiger partial charge in [-0.3, -0.25) is 0 Å². The molecule has 2 aromatic carbocycles. The van der Waals surface area contributed by atoms with Gasteiger partial charge in [0.05, 0.1) is 6.04 Å². The highest BCUT2D eigenvalue weighted by atomic mass is 79.9. The van der Waals surface area contributed by atoms with Crippen LogP contribution in [0.1, 0.15) is 17.2 Å². The van der Waals surface area contributed by atoms with Gasteiger partial charge < -0.3 is 5.32 Å². The van der Waals surface area contributed by atoms with Crippen molar-refractivity contribution >= 4 is 27.5 Å². The fourth-order valence-corrected chi connectivity index (χ4v) is 2.53. The van der Waals surface area contributed by atoms with Gasteiger partial charge in [0.1, 0.15) is 5.82 Å². The van der Waals surface area contributed by atoms with E-state index in [-0.39, 0.29) is 11.9 Å². The lowest BCUT2D eigenvalue weighted by molar-refractivity contribution is 0.615. The van der Waals surface area contributed by atoms with Crippen LogP contribution in [-0.2, 0) is 0 Å². The molecule has 0 aromatic heterocycles. The van der Waals surface area contributed by atoms with E-state index in [0.717, 1.165) is 15.6 Å². The van der Waals surface area contributed by atoms with Crippen LogP contribution in [-0.4, -0.2) is 7.05 Å². The van der Waals surface area contributed by atoms with Gasteiger partial charge in [0.25, 0.3) is 0 Å². The molecule has 0 spiro atoms. The van der Waals surface area contributed by atoms with Crippen molar-refractivity contribution in [1.82, 2.24) is 5.32 Å². The van der Waals surface area contributed by atoms with E-state index in [1.54, 1.807) is 0 Å². The van der Waals surface area contributed by atoms with Crippen LogP contribution in [0.4, 0.5) is 4.39 Å². The Labute approximate surface area is 119 Å². The molecular formula is C14H12BrClFN. The number of halogens is 3. The number of hydrogen-bond acceptors (Lipinski definition) is 1. The first-order valence-electron chi connectivity index (χ1n) is 5.49. The molecule has 0 amide bonds. The summed E-state index contributed by atoms with van der Waals surface area (Å²) in [4.78, 5) is 0. The zero-order valence-electron chi connectivity index (χ0n) is 9.75. The van der Waals surface area contributed by atoms with Gasteiger partial charge >= 0.3 is 0 Å². The lowest BCUT2D eigenvalue weighted by Gasteiger charge is -2.17. The van der Waals surface area contributed by atoms with Crippen LogP contribution in [0.2, 0.25) is 5.02 Å². The average molecular weight is 329 g/mol. The minimum absolute atomic E-state index is 0.0609. The van der Waals surface area contributed by atoms with Gasteiger partial charge in [-0.05, 0) is 48.5 Å². The molecule has 0 bridgehead atoms. The molecule has 0 fully saturated rings. The molecule has 1 atom stereocenters. The molecule has 0 radical (unpaired) electrons. The molecule has 0 aliphatic carbocycles. The fraction of sp³-hybridized carbons (Fsp3) is 0.143. The topological polar surface area (TPSA) is 12.0 Å². The maximum absolute atomic E-state index is 13.4. The SMILES string of the molecule is CNC(c1ccc(Cl)cc1)c1cc(F)cc(Br)c1. The lowest BCUT2D eigenvalue weighted by Crippen LogP contribution is -2.17. The molecule has 0 saturated carbocycles.